The minimum Gasteiger partial charge on any atom is -0.387 e. The van der Waals surface area contributed by atoms with E-state index in [4.69, 9.17) is 0 Å². The molecule has 0 aromatic carbocycles. The lowest BCUT2D eigenvalue weighted by Crippen LogP contribution is -2.07. The van der Waals surface area contributed by atoms with Crippen LogP contribution in [0.3, 0.4) is 0 Å². The number of nitrogens with zero attached hydrogens (tertiary/aromatic N) is 2. The lowest BCUT2D eigenvalue weighted by atomic mass is 10.1. The maximum absolute atomic E-state index is 10.4. The van der Waals surface area contributed by atoms with Crippen LogP contribution in [0.1, 0.15) is 34.9 Å². The summed E-state index contributed by atoms with van der Waals surface area (Å²) in [5, 5.41) is 16.8. The quantitative estimate of drug-likeness (QED) is 0.934. The van der Waals surface area contributed by atoms with E-state index in [1.807, 2.05) is 24.0 Å². The first kappa shape index (κ1) is 13.8. The first-order chi connectivity index (χ1) is 8.54. The molecule has 0 amide bonds. The topological polar surface area (TPSA) is 38.1 Å². The maximum atomic E-state index is 10.4. The summed E-state index contributed by atoms with van der Waals surface area (Å²) in [7, 11) is 1.91. The van der Waals surface area contributed by atoms with Crippen molar-refractivity contribution in [3.05, 3.63) is 37.7 Å². The minimum atomic E-state index is -0.453. The van der Waals surface area contributed by atoms with Gasteiger partial charge in [0.15, 0.2) is 0 Å². The monoisotopic (exact) mass is 328 g/mol. The lowest BCUT2D eigenvalue weighted by Gasteiger charge is -2.11. The van der Waals surface area contributed by atoms with Gasteiger partial charge in [-0.25, -0.2) is 0 Å². The molecule has 0 saturated carbocycles. The molecule has 2 heterocycles. The smallest absolute Gasteiger partial charge is 0.0940 e. The zero-order valence-electron chi connectivity index (χ0n) is 10.8. The van der Waals surface area contributed by atoms with Crippen molar-refractivity contribution < 1.29 is 5.11 Å². The van der Waals surface area contributed by atoms with Gasteiger partial charge in [0.25, 0.3) is 0 Å². The fourth-order valence-electron chi connectivity index (χ4n) is 2.11. The molecule has 98 valence electrons. The summed E-state index contributed by atoms with van der Waals surface area (Å²) >= 11 is 5.16. The van der Waals surface area contributed by atoms with Gasteiger partial charge in [0.05, 0.1) is 22.0 Å². The Balaban J connectivity index is 2.24. The van der Waals surface area contributed by atoms with Crippen molar-refractivity contribution in [2.45, 2.75) is 32.8 Å². The molecular formula is C13H17BrN2OS. The van der Waals surface area contributed by atoms with Crippen LogP contribution in [0, 0.1) is 6.92 Å². The van der Waals surface area contributed by atoms with Gasteiger partial charge in [-0.1, -0.05) is 6.92 Å². The van der Waals surface area contributed by atoms with Gasteiger partial charge in [0, 0.05) is 18.3 Å². The molecule has 0 aliphatic heterocycles. The van der Waals surface area contributed by atoms with Crippen LogP contribution in [0.5, 0.6) is 0 Å². The van der Waals surface area contributed by atoms with Crippen LogP contribution in [-0.4, -0.2) is 14.9 Å². The zero-order valence-corrected chi connectivity index (χ0v) is 13.2. The average molecular weight is 329 g/mol. The minimum absolute atomic E-state index is 0.453. The molecule has 0 radical (unpaired) electrons. The fraction of sp³-hybridized carbons (Fsp3) is 0.462. The van der Waals surface area contributed by atoms with Gasteiger partial charge < -0.3 is 5.11 Å². The third-order valence-electron chi connectivity index (χ3n) is 3.11. The van der Waals surface area contributed by atoms with Gasteiger partial charge in [0.1, 0.15) is 0 Å². The first-order valence-corrected chi connectivity index (χ1v) is 7.64. The van der Waals surface area contributed by atoms with Crippen LogP contribution in [0.25, 0.3) is 0 Å². The predicted molar refractivity (Wildman–Crippen MR) is 78.0 cm³/mol. The Morgan fingerprint density at radius 3 is 2.83 bits per heavy atom. The van der Waals surface area contributed by atoms with Crippen LogP contribution in [-0.2, 0) is 19.9 Å². The molecule has 0 spiro atoms. The number of aliphatic hydroxyl groups is 1. The normalized spacial score (nSPS) is 12.9. The Bertz CT molecular complexity index is 547. The SMILES string of the molecule is CCc1ccsc1C(O)Cc1c(Br)c(C)nn1C. The Hall–Kier alpha value is -0.650. The molecule has 1 N–H and O–H groups in total. The summed E-state index contributed by atoms with van der Waals surface area (Å²) in [4.78, 5) is 1.07. The van der Waals surface area contributed by atoms with E-state index < -0.39 is 6.10 Å². The number of hydrogen-bond donors (Lipinski definition) is 1. The number of aryl methyl sites for hydroxylation is 3. The van der Waals surface area contributed by atoms with Crippen LogP contribution in [0.15, 0.2) is 15.9 Å². The van der Waals surface area contributed by atoms with Crippen molar-refractivity contribution in [3.8, 4) is 0 Å². The third-order valence-corrected chi connectivity index (χ3v) is 5.20. The van der Waals surface area contributed by atoms with Crippen molar-refractivity contribution in [1.82, 2.24) is 9.78 Å². The molecule has 0 aliphatic rings. The Morgan fingerprint density at radius 2 is 2.28 bits per heavy atom. The fourth-order valence-corrected chi connectivity index (χ4v) is 3.59. The highest BCUT2D eigenvalue weighted by molar-refractivity contribution is 9.10. The van der Waals surface area contributed by atoms with E-state index in [0.29, 0.717) is 6.42 Å². The van der Waals surface area contributed by atoms with E-state index in [9.17, 15) is 5.11 Å². The number of halogens is 1. The molecule has 0 aliphatic carbocycles. The molecule has 5 heteroatoms. The van der Waals surface area contributed by atoms with Crippen molar-refractivity contribution in [2.24, 2.45) is 7.05 Å². The Labute approximate surface area is 120 Å². The van der Waals surface area contributed by atoms with Crippen molar-refractivity contribution in [1.29, 1.82) is 0 Å². The summed E-state index contributed by atoms with van der Waals surface area (Å²) in [6.45, 7) is 4.07. The number of aliphatic hydroxyl groups excluding tert-OH is 1. The van der Waals surface area contributed by atoms with E-state index in [1.54, 1.807) is 11.3 Å². The second kappa shape index (κ2) is 5.55. The standard InChI is InChI=1S/C13H17BrN2OS/c1-4-9-5-6-18-13(9)11(17)7-10-12(14)8(2)15-16(10)3/h5-6,11,17H,4,7H2,1-3H3. The van der Waals surface area contributed by atoms with Gasteiger partial charge in [-0.2, -0.15) is 5.10 Å². The van der Waals surface area contributed by atoms with E-state index in [2.05, 4.69) is 34.0 Å². The van der Waals surface area contributed by atoms with Crippen molar-refractivity contribution in [3.63, 3.8) is 0 Å². The van der Waals surface area contributed by atoms with E-state index in [0.717, 1.165) is 27.2 Å². The molecule has 0 saturated heterocycles. The van der Waals surface area contributed by atoms with Crippen molar-refractivity contribution >= 4 is 27.3 Å². The molecule has 2 aromatic rings. The molecule has 1 atom stereocenters. The number of thiophene rings is 1. The second-order valence-electron chi connectivity index (χ2n) is 4.35. The molecule has 3 nitrogen and oxygen atoms in total. The summed E-state index contributed by atoms with van der Waals surface area (Å²) < 4.78 is 2.83. The van der Waals surface area contributed by atoms with Crippen LogP contribution >= 0.6 is 27.3 Å². The highest BCUT2D eigenvalue weighted by atomic mass is 79.9. The summed E-state index contributed by atoms with van der Waals surface area (Å²) in [6, 6.07) is 2.09. The van der Waals surface area contributed by atoms with Gasteiger partial charge in [-0.05, 0) is 46.3 Å². The lowest BCUT2D eigenvalue weighted by molar-refractivity contribution is 0.178. The summed E-state index contributed by atoms with van der Waals surface area (Å²) in [5.74, 6) is 0. The number of aromatic nitrogens is 2. The molecule has 0 fully saturated rings. The molecular weight excluding hydrogens is 312 g/mol. The van der Waals surface area contributed by atoms with E-state index >= 15 is 0 Å². The highest BCUT2D eigenvalue weighted by Crippen LogP contribution is 2.30. The molecule has 2 rings (SSSR count). The van der Waals surface area contributed by atoms with Crippen LogP contribution in [0.4, 0.5) is 0 Å². The van der Waals surface area contributed by atoms with E-state index in [-0.39, 0.29) is 0 Å². The molecule has 1 unspecified atom stereocenters. The Morgan fingerprint density at radius 1 is 1.56 bits per heavy atom. The third kappa shape index (κ3) is 2.53. The van der Waals surface area contributed by atoms with Crippen LogP contribution in [0.2, 0.25) is 0 Å². The average Bonchev–Trinajstić information content (AvgIpc) is 2.90. The summed E-state index contributed by atoms with van der Waals surface area (Å²) in [5.41, 5.74) is 3.24. The molecule has 18 heavy (non-hydrogen) atoms. The predicted octanol–water partition coefficient (Wildman–Crippen LogP) is 3.39. The molecule has 2 aromatic heterocycles. The van der Waals surface area contributed by atoms with Gasteiger partial charge in [-0.15, -0.1) is 11.3 Å². The number of rotatable bonds is 4. The molecule has 0 bridgehead atoms. The van der Waals surface area contributed by atoms with E-state index in [1.165, 1.54) is 5.56 Å². The zero-order chi connectivity index (χ0) is 13.3. The van der Waals surface area contributed by atoms with Crippen LogP contribution < -0.4 is 0 Å². The number of hydrogen-bond acceptors (Lipinski definition) is 3. The highest BCUT2D eigenvalue weighted by Gasteiger charge is 2.19. The first-order valence-electron chi connectivity index (χ1n) is 5.96. The largest absolute Gasteiger partial charge is 0.387 e. The summed E-state index contributed by atoms with van der Waals surface area (Å²) in [6.07, 6.45) is 1.10. The maximum Gasteiger partial charge on any atom is 0.0940 e. The van der Waals surface area contributed by atoms with Gasteiger partial charge in [0.2, 0.25) is 0 Å². The van der Waals surface area contributed by atoms with Gasteiger partial charge >= 0.3 is 0 Å². The Kier molecular flexibility index (Phi) is 4.25. The van der Waals surface area contributed by atoms with Crippen molar-refractivity contribution in [2.75, 3.05) is 0 Å². The van der Waals surface area contributed by atoms with Gasteiger partial charge in [-0.3, -0.25) is 4.68 Å². The second-order valence-corrected chi connectivity index (χ2v) is 6.09.